The monoisotopic (exact) mass is 128 g/mol. The summed E-state index contributed by atoms with van der Waals surface area (Å²) in [5.41, 5.74) is 0. The fourth-order valence-electron chi connectivity index (χ4n) is 1.16. The van der Waals surface area contributed by atoms with Crippen molar-refractivity contribution in [3.8, 4) is 0 Å². The van der Waals surface area contributed by atoms with Crippen LogP contribution in [0.2, 0.25) is 19.1 Å². The van der Waals surface area contributed by atoms with E-state index in [0.29, 0.717) is 0 Å². The molecule has 1 rings (SSSR count). The average molecular weight is 128 g/mol. The lowest BCUT2D eigenvalue weighted by Gasteiger charge is -2.32. The molecule has 0 aromatic heterocycles. The molecule has 1 heterocycles. The van der Waals surface area contributed by atoms with Crippen LogP contribution in [0.5, 0.6) is 0 Å². The topological polar surface area (TPSA) is 3.24 Å². The molecule has 0 bridgehead atoms. The van der Waals surface area contributed by atoms with Crippen molar-refractivity contribution < 1.29 is 0 Å². The van der Waals surface area contributed by atoms with Crippen molar-refractivity contribution in [2.45, 2.75) is 25.6 Å². The molecule has 0 saturated carbocycles. The molecule has 1 saturated heterocycles. The van der Waals surface area contributed by atoms with Crippen LogP contribution >= 0.6 is 0 Å². The van der Waals surface area contributed by atoms with Crippen molar-refractivity contribution in [1.29, 1.82) is 0 Å². The lowest BCUT2D eigenvalue weighted by molar-refractivity contribution is 0.602. The number of hydrogen-bond donors (Lipinski definition) is 0. The lowest BCUT2D eigenvalue weighted by Crippen LogP contribution is -2.38. The van der Waals surface area contributed by atoms with E-state index >= 15 is 0 Å². The van der Waals surface area contributed by atoms with Crippen molar-refractivity contribution in [1.82, 2.24) is 4.57 Å². The van der Waals surface area contributed by atoms with E-state index in [4.69, 9.17) is 0 Å². The van der Waals surface area contributed by atoms with E-state index < -0.39 is 8.24 Å². The Morgan fingerprint density at radius 2 is 2.12 bits per heavy atom. The van der Waals surface area contributed by atoms with Crippen LogP contribution in [0.4, 0.5) is 0 Å². The van der Waals surface area contributed by atoms with E-state index in [1.807, 2.05) is 0 Å². The van der Waals surface area contributed by atoms with E-state index in [0.717, 1.165) is 0 Å². The first-order chi connectivity index (χ1) is 3.63. The van der Waals surface area contributed by atoms with Gasteiger partial charge in [-0.2, -0.15) is 0 Å². The summed E-state index contributed by atoms with van der Waals surface area (Å²) in [4.78, 5) is 0. The highest BCUT2D eigenvalue weighted by molar-refractivity contribution is 6.75. The van der Waals surface area contributed by atoms with Gasteiger partial charge in [0.2, 0.25) is 0 Å². The Morgan fingerprint density at radius 1 is 1.50 bits per heavy atom. The molecule has 0 unspecified atom stereocenters. The zero-order valence-corrected chi connectivity index (χ0v) is 6.78. The molecule has 48 valence electrons. The summed E-state index contributed by atoms with van der Waals surface area (Å²) in [6, 6.07) is 1.44. The summed E-state index contributed by atoms with van der Waals surface area (Å²) in [5.74, 6) is 0. The largest absolute Gasteiger partial charge is 0.481 e. The maximum absolute atomic E-state index is 3.99. The summed E-state index contributed by atoms with van der Waals surface area (Å²) >= 11 is 0. The molecule has 0 aromatic carbocycles. The Bertz CT molecular complexity index is 90.5. The molecule has 0 N–H and O–H groups in total. The SMILES string of the molecule is [CH2-]N1CCC[Si]1(C)C. The Balaban J connectivity index is 2.54. The molecule has 1 aliphatic heterocycles. The molecule has 8 heavy (non-hydrogen) atoms. The molecule has 0 radical (unpaired) electrons. The normalized spacial score (nSPS) is 28.9. The predicted molar refractivity (Wildman–Crippen MR) is 39.0 cm³/mol. The molecule has 0 spiro atoms. The molecular formula is C6H14NSi-. The van der Waals surface area contributed by atoms with Crippen LogP contribution in [0.3, 0.4) is 0 Å². The molecule has 0 atom stereocenters. The number of rotatable bonds is 0. The minimum atomic E-state index is -0.921. The Kier molecular flexibility index (Phi) is 1.45. The van der Waals surface area contributed by atoms with Gasteiger partial charge in [0.15, 0.2) is 0 Å². The van der Waals surface area contributed by atoms with Crippen molar-refractivity contribution in [2.24, 2.45) is 0 Å². The predicted octanol–water partition coefficient (Wildman–Crippen LogP) is 1.69. The maximum atomic E-state index is 3.99. The summed E-state index contributed by atoms with van der Waals surface area (Å²) < 4.78 is 2.31. The highest BCUT2D eigenvalue weighted by Crippen LogP contribution is 2.23. The van der Waals surface area contributed by atoms with Gasteiger partial charge in [-0.15, -0.1) is 0 Å². The third-order valence-corrected chi connectivity index (χ3v) is 5.59. The standard InChI is InChI=1S/C6H14NSi/c1-7-5-4-6-8(7,2)3/h1,4-6H2,2-3H3/q-1. The van der Waals surface area contributed by atoms with Crippen LogP contribution in [-0.4, -0.2) is 19.3 Å². The Morgan fingerprint density at radius 3 is 2.25 bits per heavy atom. The smallest absolute Gasteiger partial charge is 0.0923 e. The van der Waals surface area contributed by atoms with Crippen LogP contribution < -0.4 is 0 Å². The molecule has 1 nitrogen and oxygen atoms in total. The zero-order chi connectivity index (χ0) is 6.20. The lowest BCUT2D eigenvalue weighted by atomic mass is 10.5. The van der Waals surface area contributed by atoms with Gasteiger partial charge in [0.25, 0.3) is 0 Å². The molecular weight excluding hydrogens is 114 g/mol. The van der Waals surface area contributed by atoms with Crippen LogP contribution in [0, 0.1) is 7.05 Å². The van der Waals surface area contributed by atoms with Gasteiger partial charge in [-0.1, -0.05) is 13.1 Å². The quantitative estimate of drug-likeness (QED) is 0.354. The summed E-state index contributed by atoms with van der Waals surface area (Å²) in [6.07, 6.45) is 1.38. The fourth-order valence-corrected chi connectivity index (χ4v) is 3.27. The first-order valence-electron chi connectivity index (χ1n) is 3.21. The maximum Gasteiger partial charge on any atom is 0.0923 e. The fraction of sp³-hybridized carbons (Fsp3) is 0.833. The minimum absolute atomic E-state index is 0.921. The second kappa shape index (κ2) is 1.85. The summed E-state index contributed by atoms with van der Waals surface area (Å²) in [7, 11) is 3.06. The van der Waals surface area contributed by atoms with E-state index in [1.165, 1.54) is 19.0 Å². The Labute approximate surface area is 52.8 Å². The van der Waals surface area contributed by atoms with Gasteiger partial charge in [-0.05, 0) is 19.0 Å². The van der Waals surface area contributed by atoms with Crippen molar-refractivity contribution in [3.05, 3.63) is 7.05 Å². The number of hydrogen-bond acceptors (Lipinski definition) is 1. The van der Waals surface area contributed by atoms with Gasteiger partial charge >= 0.3 is 0 Å². The van der Waals surface area contributed by atoms with Gasteiger partial charge in [0.05, 0.1) is 8.24 Å². The van der Waals surface area contributed by atoms with Crippen LogP contribution in [0.25, 0.3) is 0 Å². The van der Waals surface area contributed by atoms with E-state index in [1.54, 1.807) is 0 Å². The van der Waals surface area contributed by atoms with E-state index in [2.05, 4.69) is 24.7 Å². The van der Waals surface area contributed by atoms with Crippen molar-refractivity contribution in [3.63, 3.8) is 0 Å². The molecule has 1 fully saturated rings. The van der Waals surface area contributed by atoms with Gasteiger partial charge in [-0.25, -0.2) is 0 Å². The second-order valence-electron chi connectivity index (χ2n) is 3.18. The number of nitrogens with zero attached hydrogens (tertiary/aromatic N) is 1. The van der Waals surface area contributed by atoms with Crippen LogP contribution in [-0.2, 0) is 0 Å². The summed E-state index contributed by atoms with van der Waals surface area (Å²) in [6.45, 7) is 6.00. The van der Waals surface area contributed by atoms with Crippen molar-refractivity contribution in [2.75, 3.05) is 6.54 Å². The van der Waals surface area contributed by atoms with Crippen LogP contribution in [0.1, 0.15) is 6.42 Å². The van der Waals surface area contributed by atoms with Crippen molar-refractivity contribution >= 4 is 8.24 Å². The minimum Gasteiger partial charge on any atom is -0.481 e. The first-order valence-corrected chi connectivity index (χ1v) is 6.36. The van der Waals surface area contributed by atoms with E-state index in [-0.39, 0.29) is 0 Å². The molecule has 2 heteroatoms. The molecule has 1 aliphatic rings. The van der Waals surface area contributed by atoms with Gasteiger partial charge in [0.1, 0.15) is 0 Å². The Hall–Kier alpha value is 0.177. The third-order valence-electron chi connectivity index (χ3n) is 2.07. The second-order valence-corrected chi connectivity index (χ2v) is 7.94. The molecule has 0 amide bonds. The third kappa shape index (κ3) is 0.953. The van der Waals surface area contributed by atoms with Crippen LogP contribution in [0.15, 0.2) is 0 Å². The zero-order valence-electron chi connectivity index (χ0n) is 5.78. The molecule has 0 aliphatic carbocycles. The van der Waals surface area contributed by atoms with E-state index in [9.17, 15) is 0 Å². The van der Waals surface area contributed by atoms with Gasteiger partial charge in [0, 0.05) is 0 Å². The molecule has 0 aromatic rings. The van der Waals surface area contributed by atoms with Gasteiger partial charge < -0.3 is 4.57 Å². The first kappa shape index (κ1) is 6.30. The highest BCUT2D eigenvalue weighted by Gasteiger charge is 2.26. The van der Waals surface area contributed by atoms with Gasteiger partial charge in [-0.3, -0.25) is 7.05 Å². The highest BCUT2D eigenvalue weighted by atomic mass is 28.3. The average Bonchev–Trinajstić information content (AvgIpc) is 1.86. The summed E-state index contributed by atoms with van der Waals surface area (Å²) in [5, 5.41) is 0.